The molecule has 1 unspecified atom stereocenters. The summed E-state index contributed by atoms with van der Waals surface area (Å²) < 4.78 is 31.6. The quantitative estimate of drug-likeness (QED) is 0.254. The molecule has 4 N–H and O–H groups in total. The van der Waals surface area contributed by atoms with Crippen LogP contribution in [0.2, 0.25) is 0 Å². The highest BCUT2D eigenvalue weighted by atomic mass is 31.1. The first-order valence-electron chi connectivity index (χ1n) is 10.9. The minimum Gasteiger partial charge on any atom is -0.429 e. The van der Waals surface area contributed by atoms with Crippen LogP contribution in [-0.2, 0) is 6.54 Å². The number of ether oxygens (including phenoxy) is 1. The highest BCUT2D eigenvalue weighted by Crippen LogP contribution is 2.45. The zero-order valence-electron chi connectivity index (χ0n) is 18.6. The normalized spacial score (nSPS) is 14.3. The molecule has 0 saturated heterocycles. The van der Waals surface area contributed by atoms with Crippen molar-refractivity contribution in [2.75, 3.05) is 36.1 Å². The molecule has 0 bridgehead atoms. The van der Waals surface area contributed by atoms with Crippen molar-refractivity contribution in [3.8, 4) is 5.75 Å². The number of pyridine rings is 1. The molecule has 0 radical (unpaired) electrons. The van der Waals surface area contributed by atoms with Crippen molar-refractivity contribution < 1.29 is 18.3 Å². The molecule has 7 nitrogen and oxygen atoms in total. The Balaban J connectivity index is 1.39. The third-order valence-electron chi connectivity index (χ3n) is 5.14. The van der Waals surface area contributed by atoms with Gasteiger partial charge in [0.2, 0.25) is 0 Å². The molecule has 4 rings (SSSR count). The second kappa shape index (κ2) is 10.8. The monoisotopic (exact) mass is 485 g/mol. The number of halogens is 2. The van der Waals surface area contributed by atoms with Gasteiger partial charge < -0.3 is 26.0 Å². The fourth-order valence-corrected chi connectivity index (χ4v) is 4.47. The molecule has 34 heavy (non-hydrogen) atoms. The lowest BCUT2D eigenvalue weighted by Crippen LogP contribution is -2.15. The Hall–Kier alpha value is -3.29. The van der Waals surface area contributed by atoms with Gasteiger partial charge >= 0.3 is 5.85 Å². The number of anilines is 3. The van der Waals surface area contributed by atoms with Gasteiger partial charge in [0, 0.05) is 44.5 Å². The number of fused-ring (bicyclic) bond motifs is 1. The second-order valence-electron chi connectivity index (χ2n) is 7.74. The van der Waals surface area contributed by atoms with Crippen LogP contribution in [0, 0.1) is 0 Å². The lowest BCUT2D eigenvalue weighted by Gasteiger charge is -2.13. The summed E-state index contributed by atoms with van der Waals surface area (Å²) in [6, 6.07) is 15.6. The molecule has 3 aromatic rings. The van der Waals surface area contributed by atoms with Crippen LogP contribution in [0.3, 0.4) is 0 Å². The smallest absolute Gasteiger partial charge is 0.416 e. The van der Waals surface area contributed by atoms with Gasteiger partial charge in [0.05, 0.1) is 5.56 Å². The van der Waals surface area contributed by atoms with Gasteiger partial charge in [-0.2, -0.15) is 8.78 Å². The molecule has 2 heterocycles. The van der Waals surface area contributed by atoms with E-state index in [1.165, 1.54) is 12.1 Å². The van der Waals surface area contributed by atoms with E-state index in [1.807, 2.05) is 31.3 Å². The Labute approximate surface area is 198 Å². The number of hydrogen-bond acceptors (Lipinski definition) is 6. The molecular weight excluding hydrogens is 459 g/mol. The van der Waals surface area contributed by atoms with Crippen LogP contribution < -0.4 is 31.3 Å². The number of benzene rings is 2. The topological polar surface area (TPSA) is 87.3 Å². The van der Waals surface area contributed by atoms with Crippen molar-refractivity contribution in [2.45, 2.75) is 18.8 Å². The number of carbonyl (C=O) groups is 1. The van der Waals surface area contributed by atoms with Crippen molar-refractivity contribution in [2.24, 2.45) is 0 Å². The van der Waals surface area contributed by atoms with Gasteiger partial charge in [0.15, 0.2) is 0 Å². The van der Waals surface area contributed by atoms with Crippen LogP contribution in [0.1, 0.15) is 22.3 Å². The van der Waals surface area contributed by atoms with Gasteiger partial charge in [-0.3, -0.25) is 4.79 Å². The average Bonchev–Trinajstić information content (AvgIpc) is 3.14. The Kier molecular flexibility index (Phi) is 7.55. The molecule has 1 amide bonds. The lowest BCUT2D eigenvalue weighted by atomic mass is 10.1. The molecule has 2 aromatic carbocycles. The summed E-state index contributed by atoms with van der Waals surface area (Å²) in [5.74, 6) is -2.57. The van der Waals surface area contributed by atoms with E-state index in [1.54, 1.807) is 24.4 Å². The number of amides is 1. The van der Waals surface area contributed by atoms with Crippen LogP contribution in [0.5, 0.6) is 5.75 Å². The molecular formula is C24H26F2N5O2P. The predicted molar refractivity (Wildman–Crippen MR) is 133 cm³/mol. The predicted octanol–water partition coefficient (Wildman–Crippen LogP) is 4.21. The molecule has 1 aliphatic heterocycles. The maximum atomic E-state index is 13.5. The Morgan fingerprint density at radius 3 is 2.79 bits per heavy atom. The van der Waals surface area contributed by atoms with Crippen LogP contribution in [0.15, 0.2) is 60.8 Å². The van der Waals surface area contributed by atoms with Crippen molar-refractivity contribution in [3.05, 3.63) is 71.9 Å². The number of carbonyl (C=O) groups excluding carboxylic acids is 1. The number of nitrogens with one attached hydrogen (secondary N) is 4. The van der Waals surface area contributed by atoms with Gasteiger partial charge in [0.25, 0.3) is 5.91 Å². The largest absolute Gasteiger partial charge is 0.429 e. The Morgan fingerprint density at radius 1 is 1.09 bits per heavy atom. The van der Waals surface area contributed by atoms with Crippen molar-refractivity contribution in [1.82, 2.24) is 10.3 Å². The van der Waals surface area contributed by atoms with E-state index in [0.717, 1.165) is 30.9 Å². The Morgan fingerprint density at radius 2 is 1.94 bits per heavy atom. The maximum absolute atomic E-state index is 13.5. The first kappa shape index (κ1) is 23.9. The van der Waals surface area contributed by atoms with Gasteiger partial charge in [-0.15, -0.1) is 0 Å². The molecule has 1 atom stereocenters. The third kappa shape index (κ3) is 6.18. The molecule has 0 spiro atoms. The van der Waals surface area contributed by atoms with Gasteiger partial charge in [0.1, 0.15) is 11.6 Å². The zero-order valence-corrected chi connectivity index (χ0v) is 19.6. The standard InChI is InChI=1S/C24H26F2N5O2P/c1-27-10-4-11-28-22-13-16(9-12-29-22)15-30-19-6-3-2-5-18(19)23(32)31-17-7-8-20-21(14-17)34-24(25,26)33-20/h2-3,5-9,12-14,27,30,34H,4,10-11,15H2,1H3,(H,28,29)(H,31,32). The number of nitrogens with zero attached hydrogens (tertiary/aromatic N) is 1. The highest BCUT2D eigenvalue weighted by Gasteiger charge is 2.39. The summed E-state index contributed by atoms with van der Waals surface area (Å²) in [5, 5.41) is 12.9. The van der Waals surface area contributed by atoms with Crippen LogP contribution in [0.25, 0.3) is 0 Å². The van der Waals surface area contributed by atoms with E-state index in [0.29, 0.717) is 28.8 Å². The van der Waals surface area contributed by atoms with Crippen LogP contribution in [0.4, 0.5) is 26.0 Å². The summed E-state index contributed by atoms with van der Waals surface area (Å²) >= 11 is 0. The van der Waals surface area contributed by atoms with Crippen molar-refractivity contribution in [3.63, 3.8) is 0 Å². The Bertz CT molecular complexity index is 1160. The van der Waals surface area contributed by atoms with Gasteiger partial charge in [-0.05, 0) is 68.0 Å². The van der Waals surface area contributed by atoms with Crippen molar-refractivity contribution >= 4 is 37.0 Å². The van der Waals surface area contributed by atoms with Gasteiger partial charge in [-0.1, -0.05) is 12.1 Å². The van der Waals surface area contributed by atoms with E-state index < -0.39 is 14.4 Å². The first-order valence-corrected chi connectivity index (χ1v) is 11.9. The summed E-state index contributed by atoms with van der Waals surface area (Å²) in [4.78, 5) is 17.3. The fourth-order valence-electron chi connectivity index (χ4n) is 3.51. The van der Waals surface area contributed by atoms with Crippen LogP contribution in [-0.4, -0.2) is 36.9 Å². The minimum absolute atomic E-state index is 0.150. The minimum atomic E-state index is -3.18. The third-order valence-corrected chi connectivity index (χ3v) is 6.20. The number of rotatable bonds is 10. The molecule has 0 aliphatic carbocycles. The lowest BCUT2D eigenvalue weighted by molar-refractivity contribution is -0.0852. The second-order valence-corrected chi connectivity index (χ2v) is 9.11. The maximum Gasteiger partial charge on any atom is 0.416 e. The summed E-state index contributed by atoms with van der Waals surface area (Å²) in [6.45, 7) is 2.25. The van der Waals surface area contributed by atoms with E-state index in [9.17, 15) is 13.6 Å². The fraction of sp³-hybridized carbons (Fsp3) is 0.250. The average molecular weight is 485 g/mol. The van der Waals surface area contributed by atoms with Crippen molar-refractivity contribution in [1.29, 1.82) is 0 Å². The first-order chi connectivity index (χ1) is 16.4. The zero-order chi connectivity index (χ0) is 24.0. The summed E-state index contributed by atoms with van der Waals surface area (Å²) in [6.07, 6.45) is 2.74. The van der Waals surface area contributed by atoms with E-state index in [4.69, 9.17) is 0 Å². The van der Waals surface area contributed by atoms with Crippen LogP contribution >= 0.6 is 8.58 Å². The number of alkyl halides is 2. The van der Waals surface area contributed by atoms with E-state index in [2.05, 4.69) is 31.0 Å². The number of hydrogen-bond donors (Lipinski definition) is 4. The summed E-state index contributed by atoms with van der Waals surface area (Å²) in [7, 11) is 1.13. The number of aromatic nitrogens is 1. The summed E-state index contributed by atoms with van der Waals surface area (Å²) in [5.41, 5.74) is 2.57. The van der Waals surface area contributed by atoms with E-state index >= 15 is 0 Å². The van der Waals surface area contributed by atoms with Gasteiger partial charge in [-0.25, -0.2) is 4.98 Å². The molecule has 0 saturated carbocycles. The molecule has 1 aromatic heterocycles. The molecule has 178 valence electrons. The number of para-hydroxylation sites is 1. The molecule has 10 heteroatoms. The molecule has 1 aliphatic rings. The SMILES string of the molecule is CNCCCNc1cc(CNc2ccccc2C(=O)Nc2ccc3c(c2)PC(F)(F)O3)ccn1. The molecule has 0 fully saturated rings. The highest BCUT2D eigenvalue weighted by molar-refractivity contribution is 7.49. The van der Waals surface area contributed by atoms with E-state index in [-0.39, 0.29) is 11.7 Å².